The number of hydrogen-bond donors (Lipinski definition) is 2. The lowest BCUT2D eigenvalue weighted by molar-refractivity contribution is 0.0887. The molecule has 6 heteroatoms. The van der Waals surface area contributed by atoms with Crippen molar-refractivity contribution in [1.82, 2.24) is 0 Å². The van der Waals surface area contributed by atoms with Gasteiger partial charge in [0.1, 0.15) is 5.75 Å². The first-order valence-electron chi connectivity index (χ1n) is 8.01. The van der Waals surface area contributed by atoms with Gasteiger partial charge in [-0.05, 0) is 50.1 Å². The first kappa shape index (κ1) is 17.0. The van der Waals surface area contributed by atoms with E-state index in [1.165, 1.54) is 0 Å². The van der Waals surface area contributed by atoms with E-state index in [0.717, 1.165) is 23.2 Å². The van der Waals surface area contributed by atoms with Gasteiger partial charge >= 0.3 is 7.60 Å². The fraction of sp³-hybridized carbons (Fsp3) is 0.333. The maximum atomic E-state index is 13.3. The number of aryl methyl sites for hydroxylation is 1. The minimum Gasteiger partial charge on any atom is -0.508 e. The van der Waals surface area contributed by atoms with Gasteiger partial charge in [0.25, 0.3) is 0 Å². The summed E-state index contributed by atoms with van der Waals surface area (Å²) in [7, 11) is -3.39. The van der Waals surface area contributed by atoms with Gasteiger partial charge in [-0.1, -0.05) is 29.8 Å². The second-order valence-electron chi connectivity index (χ2n) is 6.08. The molecule has 1 aliphatic heterocycles. The number of hydrogen-bond acceptors (Lipinski definition) is 5. The van der Waals surface area contributed by atoms with Crippen LogP contribution in [0.15, 0.2) is 48.5 Å². The lowest BCUT2D eigenvalue weighted by atomic mass is 10.2. The lowest BCUT2D eigenvalue weighted by Gasteiger charge is -2.34. The molecule has 1 fully saturated rings. The molecule has 0 bridgehead atoms. The number of aromatic hydroxyl groups is 1. The third-order valence-corrected chi connectivity index (χ3v) is 6.26. The van der Waals surface area contributed by atoms with E-state index in [9.17, 15) is 9.67 Å². The van der Waals surface area contributed by atoms with Crippen LogP contribution in [0.4, 0.5) is 5.69 Å². The summed E-state index contributed by atoms with van der Waals surface area (Å²) < 4.78 is 24.6. The summed E-state index contributed by atoms with van der Waals surface area (Å²) in [5.41, 5.74) is 2.72. The molecule has 1 aliphatic rings. The molecule has 2 aromatic rings. The van der Waals surface area contributed by atoms with Crippen LogP contribution in [0.3, 0.4) is 0 Å². The molecule has 0 saturated carbocycles. The highest BCUT2D eigenvalue weighted by Crippen LogP contribution is 2.63. The molecule has 5 nitrogen and oxygen atoms in total. The van der Waals surface area contributed by atoms with Gasteiger partial charge in [0.05, 0.1) is 12.7 Å². The summed E-state index contributed by atoms with van der Waals surface area (Å²) in [6.07, 6.45) is 0.598. The van der Waals surface area contributed by atoms with E-state index < -0.39 is 13.4 Å². The van der Waals surface area contributed by atoms with Crippen LogP contribution < -0.4 is 5.32 Å². The summed E-state index contributed by atoms with van der Waals surface area (Å²) in [6.45, 7) is 4.32. The molecular weight excluding hydrogens is 325 g/mol. The van der Waals surface area contributed by atoms with Crippen molar-refractivity contribution in [1.29, 1.82) is 0 Å². The minimum atomic E-state index is -3.39. The number of phenols is 1. The van der Waals surface area contributed by atoms with Gasteiger partial charge in [0.2, 0.25) is 0 Å². The quantitative estimate of drug-likeness (QED) is 0.776. The summed E-state index contributed by atoms with van der Waals surface area (Å²) >= 11 is 0. The topological polar surface area (TPSA) is 67.8 Å². The third-order valence-electron chi connectivity index (χ3n) is 4.00. The van der Waals surface area contributed by atoms with E-state index in [0.29, 0.717) is 6.61 Å². The van der Waals surface area contributed by atoms with Crippen LogP contribution in [0, 0.1) is 6.92 Å². The summed E-state index contributed by atoms with van der Waals surface area (Å²) in [6, 6.07) is 14.4. The van der Waals surface area contributed by atoms with E-state index in [4.69, 9.17) is 9.05 Å². The maximum absolute atomic E-state index is 13.3. The van der Waals surface area contributed by atoms with E-state index in [2.05, 4.69) is 5.32 Å². The molecule has 128 valence electrons. The van der Waals surface area contributed by atoms with Crippen LogP contribution in [0.25, 0.3) is 0 Å². The molecule has 3 rings (SSSR count). The molecule has 1 saturated heterocycles. The highest BCUT2D eigenvalue weighted by molar-refractivity contribution is 7.54. The third kappa shape index (κ3) is 3.81. The van der Waals surface area contributed by atoms with Crippen LogP contribution in [-0.4, -0.2) is 17.8 Å². The van der Waals surface area contributed by atoms with Crippen molar-refractivity contribution in [2.75, 3.05) is 11.9 Å². The Morgan fingerprint density at radius 1 is 1.17 bits per heavy atom. The van der Waals surface area contributed by atoms with Crippen molar-refractivity contribution in [3.05, 3.63) is 59.7 Å². The van der Waals surface area contributed by atoms with E-state index in [1.807, 2.05) is 38.1 Å². The van der Waals surface area contributed by atoms with Crippen molar-refractivity contribution >= 4 is 13.3 Å². The number of benzene rings is 2. The molecule has 0 spiro atoms. The van der Waals surface area contributed by atoms with Gasteiger partial charge < -0.3 is 19.5 Å². The number of anilines is 1. The molecule has 3 atom stereocenters. The van der Waals surface area contributed by atoms with Crippen LogP contribution in [-0.2, 0) is 13.6 Å². The van der Waals surface area contributed by atoms with E-state index in [1.54, 1.807) is 24.3 Å². The molecule has 24 heavy (non-hydrogen) atoms. The van der Waals surface area contributed by atoms with Crippen molar-refractivity contribution in [2.45, 2.75) is 32.2 Å². The smallest absolute Gasteiger partial charge is 0.357 e. The lowest BCUT2D eigenvalue weighted by Crippen LogP contribution is -2.23. The molecule has 0 aliphatic carbocycles. The fourth-order valence-electron chi connectivity index (χ4n) is 2.62. The van der Waals surface area contributed by atoms with Crippen molar-refractivity contribution in [3.8, 4) is 5.75 Å². The second-order valence-corrected chi connectivity index (χ2v) is 8.15. The fourth-order valence-corrected chi connectivity index (χ4v) is 4.77. The molecule has 0 radical (unpaired) electrons. The Morgan fingerprint density at radius 2 is 1.83 bits per heavy atom. The predicted molar refractivity (Wildman–Crippen MR) is 94.4 cm³/mol. The molecule has 0 amide bonds. The van der Waals surface area contributed by atoms with Crippen molar-refractivity contribution in [2.24, 2.45) is 0 Å². The van der Waals surface area contributed by atoms with E-state index in [-0.39, 0.29) is 11.9 Å². The standard InChI is InChI=1S/C18H22NO4P/c1-13-3-7-16(8-4-13)19-18(15-5-9-17(20)10-6-15)24(21)22-12-11-14(2)23-24/h3-10,14,18-20H,11-12H2,1-2H3/t14-,18+,24+/m1/s1. The highest BCUT2D eigenvalue weighted by Gasteiger charge is 2.41. The van der Waals surface area contributed by atoms with E-state index >= 15 is 0 Å². The Hall–Kier alpha value is -1.81. The van der Waals surface area contributed by atoms with Gasteiger partial charge in [0.15, 0.2) is 5.78 Å². The largest absolute Gasteiger partial charge is 0.508 e. The zero-order valence-electron chi connectivity index (χ0n) is 13.8. The molecule has 0 unspecified atom stereocenters. The van der Waals surface area contributed by atoms with Crippen LogP contribution >= 0.6 is 7.60 Å². The Kier molecular flexibility index (Phi) is 4.95. The molecule has 1 heterocycles. The SMILES string of the molecule is Cc1ccc(N[C@H](c2ccc(O)cc2)[P@]2(=O)OCC[C@@H](C)O2)cc1. The van der Waals surface area contributed by atoms with Gasteiger partial charge in [-0.2, -0.15) is 0 Å². The molecule has 2 N–H and O–H groups in total. The average molecular weight is 347 g/mol. The second kappa shape index (κ2) is 6.98. The Balaban J connectivity index is 1.95. The zero-order chi connectivity index (χ0) is 17.2. The zero-order valence-corrected chi connectivity index (χ0v) is 14.7. The van der Waals surface area contributed by atoms with Crippen LogP contribution in [0.5, 0.6) is 5.75 Å². The Labute approximate surface area is 142 Å². The summed E-state index contributed by atoms with van der Waals surface area (Å²) in [4.78, 5) is 0. The Bertz CT molecular complexity index is 730. The first-order chi connectivity index (χ1) is 11.5. The van der Waals surface area contributed by atoms with Crippen molar-refractivity contribution < 1.29 is 18.7 Å². The molecule has 2 aromatic carbocycles. The van der Waals surface area contributed by atoms with Crippen LogP contribution in [0.1, 0.15) is 30.3 Å². The predicted octanol–water partition coefficient (Wildman–Crippen LogP) is 4.83. The average Bonchev–Trinajstić information content (AvgIpc) is 2.55. The summed E-state index contributed by atoms with van der Waals surface area (Å²) in [5, 5.41) is 12.8. The van der Waals surface area contributed by atoms with Gasteiger partial charge in [-0.15, -0.1) is 0 Å². The highest BCUT2D eigenvalue weighted by atomic mass is 31.2. The molecule has 0 aromatic heterocycles. The Morgan fingerprint density at radius 3 is 2.46 bits per heavy atom. The monoisotopic (exact) mass is 347 g/mol. The van der Waals surface area contributed by atoms with Crippen LogP contribution in [0.2, 0.25) is 0 Å². The van der Waals surface area contributed by atoms with Gasteiger partial charge in [-0.3, -0.25) is 4.57 Å². The van der Waals surface area contributed by atoms with Gasteiger partial charge in [0, 0.05) is 5.69 Å². The molecular formula is C18H22NO4P. The first-order valence-corrected chi connectivity index (χ1v) is 9.62. The minimum absolute atomic E-state index is 0.121. The number of nitrogens with one attached hydrogen (secondary N) is 1. The van der Waals surface area contributed by atoms with Gasteiger partial charge in [-0.25, -0.2) is 0 Å². The van der Waals surface area contributed by atoms with Crippen molar-refractivity contribution in [3.63, 3.8) is 0 Å². The number of phenolic OH excluding ortho intramolecular Hbond substituents is 1. The number of rotatable bonds is 4. The normalized spacial score (nSPS) is 25.2. The summed E-state index contributed by atoms with van der Waals surface area (Å²) in [5.74, 6) is -0.478. The maximum Gasteiger partial charge on any atom is 0.357 e.